The van der Waals surface area contributed by atoms with Gasteiger partial charge in [-0.1, -0.05) is 13.0 Å². The number of hydrogen-bond donors (Lipinski definition) is 1. The number of thiophene rings is 1. The second-order valence-corrected chi connectivity index (χ2v) is 6.84. The lowest BCUT2D eigenvalue weighted by atomic mass is 10.0. The maximum Gasteiger partial charge on any atom is 0.0593 e. The van der Waals surface area contributed by atoms with Gasteiger partial charge >= 0.3 is 0 Å². The van der Waals surface area contributed by atoms with Crippen LogP contribution in [0.2, 0.25) is 0 Å². The van der Waals surface area contributed by atoms with E-state index in [9.17, 15) is 0 Å². The Hall–Kier alpha value is -0.0300. The highest BCUT2D eigenvalue weighted by Crippen LogP contribution is 2.33. The van der Waals surface area contributed by atoms with Crippen LogP contribution in [0.3, 0.4) is 0 Å². The standard InChI is InChI=1S/C13H22N2S2/c1-3-11(14)13(12-5-4-7-17-12)15(2)10-6-8-16-9-10/h4-5,7,10-11,13H,3,6,8-9,14H2,1-2H3. The van der Waals surface area contributed by atoms with Crippen molar-refractivity contribution in [1.82, 2.24) is 4.90 Å². The molecule has 4 heteroatoms. The van der Waals surface area contributed by atoms with E-state index in [1.807, 2.05) is 11.3 Å². The Kier molecular flexibility index (Phi) is 4.91. The number of nitrogens with two attached hydrogens (primary N) is 1. The molecule has 1 fully saturated rings. The molecule has 1 aromatic heterocycles. The van der Waals surface area contributed by atoms with E-state index in [-0.39, 0.29) is 6.04 Å². The minimum absolute atomic E-state index is 0.240. The summed E-state index contributed by atoms with van der Waals surface area (Å²) in [6.07, 6.45) is 2.34. The Bertz CT molecular complexity index is 320. The van der Waals surface area contributed by atoms with Crippen LogP contribution in [0.5, 0.6) is 0 Å². The third kappa shape index (κ3) is 3.05. The molecule has 1 aromatic rings. The van der Waals surface area contributed by atoms with Crippen molar-refractivity contribution in [2.24, 2.45) is 5.73 Å². The van der Waals surface area contributed by atoms with E-state index < -0.39 is 0 Å². The molecule has 0 saturated carbocycles. The lowest BCUT2D eigenvalue weighted by Gasteiger charge is -2.35. The van der Waals surface area contributed by atoms with Crippen LogP contribution in [0.25, 0.3) is 0 Å². The van der Waals surface area contributed by atoms with Gasteiger partial charge in [-0.05, 0) is 37.1 Å². The third-order valence-corrected chi connectivity index (χ3v) is 5.72. The maximum atomic E-state index is 6.34. The van der Waals surface area contributed by atoms with Crippen LogP contribution in [-0.4, -0.2) is 35.5 Å². The van der Waals surface area contributed by atoms with Gasteiger partial charge in [-0.15, -0.1) is 11.3 Å². The lowest BCUT2D eigenvalue weighted by molar-refractivity contribution is 0.164. The summed E-state index contributed by atoms with van der Waals surface area (Å²) in [5.74, 6) is 2.56. The van der Waals surface area contributed by atoms with Crippen LogP contribution in [0.4, 0.5) is 0 Å². The molecule has 0 amide bonds. The molecule has 0 radical (unpaired) electrons. The van der Waals surface area contributed by atoms with Gasteiger partial charge in [0.1, 0.15) is 0 Å². The molecule has 2 rings (SSSR count). The summed E-state index contributed by atoms with van der Waals surface area (Å²) in [5.41, 5.74) is 6.34. The number of nitrogens with zero attached hydrogens (tertiary/aromatic N) is 1. The second kappa shape index (κ2) is 6.23. The van der Waals surface area contributed by atoms with E-state index in [1.165, 1.54) is 22.8 Å². The minimum atomic E-state index is 0.240. The largest absolute Gasteiger partial charge is 0.326 e. The molecule has 1 aliphatic rings. The minimum Gasteiger partial charge on any atom is -0.326 e. The van der Waals surface area contributed by atoms with Gasteiger partial charge in [0.25, 0.3) is 0 Å². The molecule has 96 valence electrons. The van der Waals surface area contributed by atoms with Crippen LogP contribution >= 0.6 is 23.1 Å². The predicted molar refractivity (Wildman–Crippen MR) is 78.8 cm³/mol. The fraction of sp³-hybridized carbons (Fsp3) is 0.692. The molecule has 0 spiro atoms. The van der Waals surface area contributed by atoms with E-state index in [2.05, 4.69) is 48.1 Å². The van der Waals surface area contributed by atoms with E-state index >= 15 is 0 Å². The van der Waals surface area contributed by atoms with E-state index in [4.69, 9.17) is 5.73 Å². The zero-order valence-electron chi connectivity index (χ0n) is 10.6. The summed E-state index contributed by atoms with van der Waals surface area (Å²) in [6, 6.07) is 5.69. The Morgan fingerprint density at radius 2 is 2.41 bits per heavy atom. The van der Waals surface area contributed by atoms with Crippen LogP contribution in [0, 0.1) is 0 Å². The Morgan fingerprint density at radius 1 is 1.59 bits per heavy atom. The zero-order valence-corrected chi connectivity index (χ0v) is 12.3. The van der Waals surface area contributed by atoms with Gasteiger partial charge in [0, 0.05) is 22.7 Å². The van der Waals surface area contributed by atoms with Crippen molar-refractivity contribution >= 4 is 23.1 Å². The summed E-state index contributed by atoms with van der Waals surface area (Å²) in [6.45, 7) is 2.18. The average Bonchev–Trinajstić information content (AvgIpc) is 3.01. The number of rotatable bonds is 5. The van der Waals surface area contributed by atoms with E-state index in [0.29, 0.717) is 12.1 Å². The molecular weight excluding hydrogens is 248 g/mol. The fourth-order valence-corrected chi connectivity index (χ4v) is 4.70. The van der Waals surface area contributed by atoms with Crippen LogP contribution < -0.4 is 5.73 Å². The molecule has 0 bridgehead atoms. The zero-order chi connectivity index (χ0) is 12.3. The Labute approximate surface area is 113 Å². The van der Waals surface area contributed by atoms with Crippen molar-refractivity contribution in [3.8, 4) is 0 Å². The molecule has 2 N–H and O–H groups in total. The summed E-state index contributed by atoms with van der Waals surface area (Å²) >= 11 is 3.90. The number of thioether (sulfide) groups is 1. The molecular formula is C13H22N2S2. The molecule has 3 atom stereocenters. The Balaban J connectivity index is 2.14. The average molecular weight is 270 g/mol. The quantitative estimate of drug-likeness (QED) is 0.892. The van der Waals surface area contributed by atoms with Crippen LogP contribution in [-0.2, 0) is 0 Å². The van der Waals surface area contributed by atoms with Gasteiger partial charge in [-0.3, -0.25) is 4.90 Å². The lowest BCUT2D eigenvalue weighted by Crippen LogP contribution is -2.43. The van der Waals surface area contributed by atoms with Gasteiger partial charge in [-0.25, -0.2) is 0 Å². The first-order chi connectivity index (χ1) is 8.24. The fourth-order valence-electron chi connectivity index (χ4n) is 2.47. The normalized spacial score (nSPS) is 24.1. The van der Waals surface area contributed by atoms with Gasteiger partial charge in [0.2, 0.25) is 0 Å². The summed E-state index contributed by atoms with van der Waals surface area (Å²) < 4.78 is 0. The molecule has 1 saturated heterocycles. The molecule has 17 heavy (non-hydrogen) atoms. The van der Waals surface area contributed by atoms with Crippen LogP contribution in [0.15, 0.2) is 17.5 Å². The number of likely N-dealkylation sites (N-methyl/N-ethyl adjacent to an activating group) is 1. The third-order valence-electron chi connectivity index (χ3n) is 3.63. The molecule has 2 heterocycles. The SMILES string of the molecule is CCC(N)C(c1cccs1)N(C)C1CCSC1. The first kappa shape index (κ1) is 13.4. The van der Waals surface area contributed by atoms with Gasteiger partial charge in [0.05, 0.1) is 6.04 Å². The molecule has 3 unspecified atom stereocenters. The highest BCUT2D eigenvalue weighted by Gasteiger charge is 2.30. The highest BCUT2D eigenvalue weighted by molar-refractivity contribution is 7.99. The maximum absolute atomic E-state index is 6.34. The first-order valence-corrected chi connectivity index (χ1v) is 8.36. The van der Waals surface area contributed by atoms with Crippen molar-refractivity contribution < 1.29 is 0 Å². The molecule has 0 aromatic carbocycles. The van der Waals surface area contributed by atoms with Gasteiger partial charge < -0.3 is 5.73 Å². The van der Waals surface area contributed by atoms with E-state index in [1.54, 1.807) is 0 Å². The second-order valence-electron chi connectivity index (χ2n) is 4.72. The van der Waals surface area contributed by atoms with Crippen molar-refractivity contribution in [2.75, 3.05) is 18.6 Å². The molecule has 2 nitrogen and oxygen atoms in total. The highest BCUT2D eigenvalue weighted by atomic mass is 32.2. The van der Waals surface area contributed by atoms with Crippen molar-refractivity contribution in [2.45, 2.75) is 37.9 Å². The predicted octanol–water partition coefficient (Wildman–Crippen LogP) is 2.96. The van der Waals surface area contributed by atoms with Crippen LogP contribution in [0.1, 0.15) is 30.7 Å². The summed E-state index contributed by atoms with van der Waals surface area (Å²) in [7, 11) is 2.25. The van der Waals surface area contributed by atoms with Crippen molar-refractivity contribution in [1.29, 1.82) is 0 Å². The monoisotopic (exact) mass is 270 g/mol. The summed E-state index contributed by atoms with van der Waals surface area (Å²) in [4.78, 5) is 3.93. The van der Waals surface area contributed by atoms with Crippen molar-refractivity contribution in [3.05, 3.63) is 22.4 Å². The Morgan fingerprint density at radius 3 is 2.94 bits per heavy atom. The molecule has 1 aliphatic heterocycles. The molecule has 0 aliphatic carbocycles. The number of hydrogen-bond acceptors (Lipinski definition) is 4. The van der Waals surface area contributed by atoms with Gasteiger partial charge in [-0.2, -0.15) is 11.8 Å². The van der Waals surface area contributed by atoms with Crippen molar-refractivity contribution in [3.63, 3.8) is 0 Å². The van der Waals surface area contributed by atoms with Gasteiger partial charge in [0.15, 0.2) is 0 Å². The first-order valence-electron chi connectivity index (χ1n) is 6.32. The van der Waals surface area contributed by atoms with E-state index in [0.717, 1.165) is 6.42 Å². The smallest absolute Gasteiger partial charge is 0.0593 e. The summed E-state index contributed by atoms with van der Waals surface area (Å²) in [5, 5.41) is 2.15. The topological polar surface area (TPSA) is 29.3 Å².